The molecule has 26 heavy (non-hydrogen) atoms. The molecule has 1 N–H and O–H groups in total. The summed E-state index contributed by atoms with van der Waals surface area (Å²) < 4.78 is 10.4. The second-order valence-corrected chi connectivity index (χ2v) is 5.69. The molecule has 0 spiro atoms. The second kappa shape index (κ2) is 10.8. The fourth-order valence-electron chi connectivity index (χ4n) is 2.49. The Morgan fingerprint density at radius 1 is 1.31 bits per heavy atom. The summed E-state index contributed by atoms with van der Waals surface area (Å²) in [5, 5.41) is 3.27. The zero-order chi connectivity index (χ0) is 18.2. The van der Waals surface area contributed by atoms with Gasteiger partial charge < -0.3 is 19.4 Å². The third-order valence-electron chi connectivity index (χ3n) is 3.72. The number of aliphatic imine (C=N–C) groups is 1. The number of benzene rings is 1. The number of nitrogens with zero attached hydrogens (tertiary/aromatic N) is 2. The Balaban J connectivity index is 0.00000338. The van der Waals surface area contributed by atoms with E-state index in [1.807, 2.05) is 32.2 Å². The smallest absolute Gasteiger partial charge is 0.341 e. The number of furan rings is 1. The van der Waals surface area contributed by atoms with Gasteiger partial charge in [-0.25, -0.2) is 9.79 Å². The molecule has 0 fully saturated rings. The number of methoxy groups -OCH3 is 1. The summed E-state index contributed by atoms with van der Waals surface area (Å²) in [7, 11) is 3.34. The molecule has 0 aliphatic rings. The van der Waals surface area contributed by atoms with Gasteiger partial charge in [0.1, 0.15) is 23.6 Å². The van der Waals surface area contributed by atoms with Crippen molar-refractivity contribution in [3.05, 3.63) is 59.0 Å². The number of ether oxygens (including phenoxy) is 1. The highest BCUT2D eigenvalue weighted by atomic mass is 127. The van der Waals surface area contributed by atoms with Crippen LogP contribution in [0, 0.1) is 6.92 Å². The van der Waals surface area contributed by atoms with Crippen molar-refractivity contribution >= 4 is 35.9 Å². The lowest BCUT2D eigenvalue weighted by molar-refractivity contribution is 0.0599. The van der Waals surface area contributed by atoms with E-state index >= 15 is 0 Å². The van der Waals surface area contributed by atoms with Gasteiger partial charge in [-0.15, -0.1) is 24.0 Å². The van der Waals surface area contributed by atoms with Crippen LogP contribution in [0.4, 0.5) is 0 Å². The van der Waals surface area contributed by atoms with E-state index in [0.717, 1.165) is 19.0 Å². The lowest BCUT2D eigenvalue weighted by Crippen LogP contribution is -2.38. The monoisotopic (exact) mass is 471 g/mol. The van der Waals surface area contributed by atoms with Crippen LogP contribution in [0.3, 0.4) is 0 Å². The Morgan fingerprint density at radius 2 is 2.00 bits per heavy atom. The fraction of sp³-hybridized carbons (Fsp3) is 0.368. The van der Waals surface area contributed by atoms with Crippen LogP contribution in [0.15, 0.2) is 45.8 Å². The van der Waals surface area contributed by atoms with Crippen molar-refractivity contribution in [2.24, 2.45) is 4.99 Å². The molecule has 0 amide bonds. The van der Waals surface area contributed by atoms with Crippen LogP contribution >= 0.6 is 24.0 Å². The number of rotatable bonds is 6. The SMILES string of the molecule is CCNC(=NCc1cc(C(=O)OC)c(C)o1)N(C)Cc1ccccc1.I. The first-order valence-electron chi connectivity index (χ1n) is 8.26. The molecule has 2 aromatic rings. The Labute approximate surface area is 171 Å². The first-order valence-corrected chi connectivity index (χ1v) is 8.26. The summed E-state index contributed by atoms with van der Waals surface area (Å²) in [6.45, 7) is 5.63. The number of carbonyl (C=O) groups excluding carboxylic acids is 1. The number of halogens is 1. The standard InChI is InChI=1S/C19H25N3O3.HI/c1-5-20-19(22(3)13-15-9-7-6-8-10-15)21-12-16-11-17(14(2)25-16)18(23)24-4;/h6-11H,5,12-13H2,1-4H3,(H,20,21);1H. The van der Waals surface area contributed by atoms with Crippen LogP contribution in [0.5, 0.6) is 0 Å². The van der Waals surface area contributed by atoms with E-state index in [1.165, 1.54) is 12.7 Å². The molecule has 7 heteroatoms. The topological polar surface area (TPSA) is 67.1 Å². The maximum Gasteiger partial charge on any atom is 0.341 e. The van der Waals surface area contributed by atoms with Crippen molar-refractivity contribution < 1.29 is 13.9 Å². The molecule has 6 nitrogen and oxygen atoms in total. The van der Waals surface area contributed by atoms with E-state index in [2.05, 4.69) is 27.3 Å². The Kier molecular flexibility index (Phi) is 9.18. The third kappa shape index (κ3) is 6.05. The maximum atomic E-state index is 11.7. The summed E-state index contributed by atoms with van der Waals surface area (Å²) in [5.74, 6) is 1.55. The number of guanidine groups is 1. The molecule has 1 aromatic carbocycles. The molecular formula is C19H26IN3O3. The van der Waals surface area contributed by atoms with E-state index in [-0.39, 0.29) is 24.0 Å². The minimum Gasteiger partial charge on any atom is -0.465 e. The van der Waals surface area contributed by atoms with E-state index in [0.29, 0.717) is 23.6 Å². The predicted molar refractivity (Wildman–Crippen MR) is 113 cm³/mol. The second-order valence-electron chi connectivity index (χ2n) is 5.69. The van der Waals surface area contributed by atoms with E-state index in [9.17, 15) is 4.79 Å². The van der Waals surface area contributed by atoms with Crippen molar-refractivity contribution in [3.63, 3.8) is 0 Å². The summed E-state index contributed by atoms with van der Waals surface area (Å²) in [6.07, 6.45) is 0. The predicted octanol–water partition coefficient (Wildman–Crippen LogP) is 3.59. The Bertz CT molecular complexity index is 729. The number of nitrogens with one attached hydrogen (secondary N) is 1. The first kappa shape index (κ1) is 22.0. The van der Waals surface area contributed by atoms with Gasteiger partial charge in [0.25, 0.3) is 0 Å². The number of aryl methyl sites for hydroxylation is 1. The minimum atomic E-state index is -0.399. The molecule has 0 bridgehead atoms. The van der Waals surface area contributed by atoms with Gasteiger partial charge in [0, 0.05) is 20.1 Å². The van der Waals surface area contributed by atoms with Crippen LogP contribution in [0.25, 0.3) is 0 Å². The van der Waals surface area contributed by atoms with Crippen LogP contribution in [-0.2, 0) is 17.8 Å². The van der Waals surface area contributed by atoms with Crippen molar-refractivity contribution in [2.45, 2.75) is 26.9 Å². The average Bonchev–Trinajstić information content (AvgIpc) is 2.99. The third-order valence-corrected chi connectivity index (χ3v) is 3.72. The highest BCUT2D eigenvalue weighted by Crippen LogP contribution is 2.16. The van der Waals surface area contributed by atoms with E-state index < -0.39 is 5.97 Å². The zero-order valence-corrected chi connectivity index (χ0v) is 17.9. The van der Waals surface area contributed by atoms with E-state index in [1.54, 1.807) is 13.0 Å². The average molecular weight is 471 g/mol. The highest BCUT2D eigenvalue weighted by Gasteiger charge is 2.15. The quantitative estimate of drug-likeness (QED) is 0.302. The van der Waals surface area contributed by atoms with Gasteiger partial charge in [0.05, 0.1) is 7.11 Å². The highest BCUT2D eigenvalue weighted by molar-refractivity contribution is 14.0. The maximum absolute atomic E-state index is 11.7. The van der Waals surface area contributed by atoms with E-state index in [4.69, 9.17) is 9.15 Å². The molecule has 1 heterocycles. The Morgan fingerprint density at radius 3 is 2.62 bits per heavy atom. The molecule has 0 radical (unpaired) electrons. The molecule has 0 aliphatic carbocycles. The number of carbonyl (C=O) groups is 1. The summed E-state index contributed by atoms with van der Waals surface area (Å²) in [4.78, 5) is 18.3. The molecule has 0 saturated heterocycles. The molecule has 142 valence electrons. The van der Waals surface area contributed by atoms with Crippen LogP contribution < -0.4 is 5.32 Å². The van der Waals surface area contributed by atoms with Gasteiger partial charge in [-0.05, 0) is 25.5 Å². The van der Waals surface area contributed by atoms with Gasteiger partial charge in [0.2, 0.25) is 0 Å². The van der Waals surface area contributed by atoms with Crippen molar-refractivity contribution in [1.82, 2.24) is 10.2 Å². The summed E-state index contributed by atoms with van der Waals surface area (Å²) in [5.41, 5.74) is 1.65. The van der Waals surface area contributed by atoms with Crippen LogP contribution in [0.1, 0.15) is 34.4 Å². The van der Waals surface area contributed by atoms with Gasteiger partial charge in [-0.3, -0.25) is 0 Å². The summed E-state index contributed by atoms with van der Waals surface area (Å²) >= 11 is 0. The number of esters is 1. The molecule has 0 aliphatic heterocycles. The minimum absolute atomic E-state index is 0. The van der Waals surface area contributed by atoms with Gasteiger partial charge in [-0.2, -0.15) is 0 Å². The zero-order valence-electron chi connectivity index (χ0n) is 15.6. The van der Waals surface area contributed by atoms with Crippen molar-refractivity contribution in [2.75, 3.05) is 20.7 Å². The molecule has 0 atom stereocenters. The van der Waals surface area contributed by atoms with Gasteiger partial charge in [0.15, 0.2) is 5.96 Å². The number of hydrogen-bond acceptors (Lipinski definition) is 4. The molecule has 2 rings (SSSR count). The summed E-state index contributed by atoms with van der Waals surface area (Å²) in [6, 6.07) is 11.9. The number of hydrogen-bond donors (Lipinski definition) is 1. The lowest BCUT2D eigenvalue weighted by Gasteiger charge is -2.22. The van der Waals surface area contributed by atoms with Gasteiger partial charge in [-0.1, -0.05) is 30.3 Å². The first-order chi connectivity index (χ1) is 12.0. The van der Waals surface area contributed by atoms with Crippen molar-refractivity contribution in [3.8, 4) is 0 Å². The Hall–Kier alpha value is -2.03. The lowest BCUT2D eigenvalue weighted by atomic mass is 10.2. The van der Waals surface area contributed by atoms with Gasteiger partial charge >= 0.3 is 5.97 Å². The molecule has 1 aromatic heterocycles. The van der Waals surface area contributed by atoms with Crippen LogP contribution in [0.2, 0.25) is 0 Å². The molecular weight excluding hydrogens is 445 g/mol. The van der Waals surface area contributed by atoms with Crippen molar-refractivity contribution in [1.29, 1.82) is 0 Å². The molecule has 0 unspecified atom stereocenters. The van der Waals surface area contributed by atoms with Crippen LogP contribution in [-0.4, -0.2) is 37.5 Å². The normalized spacial score (nSPS) is 10.8. The fourth-order valence-corrected chi connectivity index (χ4v) is 2.49. The largest absolute Gasteiger partial charge is 0.465 e. The molecule has 0 saturated carbocycles.